The molecule has 1 aromatic carbocycles. The predicted octanol–water partition coefficient (Wildman–Crippen LogP) is 7.74. The summed E-state index contributed by atoms with van der Waals surface area (Å²) in [6.07, 6.45) is 17.2. The zero-order valence-electron chi connectivity index (χ0n) is 17.7. The molecule has 0 N–H and O–H groups in total. The lowest BCUT2D eigenvalue weighted by Crippen LogP contribution is -2.29. The second-order valence-electron chi connectivity index (χ2n) is 10.2. The van der Waals surface area contributed by atoms with Gasteiger partial charge in [0.15, 0.2) is 0 Å². The largest absolute Gasteiger partial charge is 0.490 e. The second-order valence-corrected chi connectivity index (χ2v) is 10.2. The van der Waals surface area contributed by atoms with Crippen molar-refractivity contribution >= 4 is 0 Å². The maximum absolute atomic E-state index is 6.37. The molecule has 0 radical (unpaired) electrons. The van der Waals surface area contributed by atoms with Crippen LogP contribution in [0.3, 0.4) is 0 Å². The molecule has 0 spiro atoms. The molecule has 0 bridgehead atoms. The predicted molar refractivity (Wildman–Crippen MR) is 114 cm³/mol. The molecule has 1 aromatic rings. The molecule has 3 aliphatic rings. The van der Waals surface area contributed by atoms with Gasteiger partial charge in [0.1, 0.15) is 5.75 Å². The molecule has 0 aliphatic heterocycles. The van der Waals surface area contributed by atoms with Gasteiger partial charge in [0, 0.05) is 0 Å². The number of rotatable bonds is 4. The van der Waals surface area contributed by atoms with Crippen LogP contribution in [0.4, 0.5) is 0 Å². The fourth-order valence-electron chi connectivity index (χ4n) is 6.04. The number of hydrogen-bond donors (Lipinski definition) is 0. The van der Waals surface area contributed by atoms with Gasteiger partial charge in [-0.15, -0.1) is 0 Å². The van der Waals surface area contributed by atoms with Gasteiger partial charge in [-0.05, 0) is 98.7 Å². The Balaban J connectivity index is 1.23. The first-order valence-electron chi connectivity index (χ1n) is 11.9. The van der Waals surface area contributed by atoms with Crippen LogP contribution in [0.1, 0.15) is 102 Å². The minimum atomic E-state index is 0.449. The van der Waals surface area contributed by atoms with Crippen molar-refractivity contribution < 1.29 is 4.74 Å². The highest BCUT2D eigenvalue weighted by atomic mass is 16.5. The standard InChI is InChI=1S/C26H40O/c1-19-3-7-21(8-4-19)23-11-15-25(16-12-23)27-26-17-13-24(14-18-26)22-9-5-20(2)6-10-22/h11-12,15-16,19-22,24,26H,3-10,13-14,17-18H2,1-2H3. The highest BCUT2D eigenvalue weighted by Gasteiger charge is 2.30. The Bertz CT molecular complexity index is 552. The van der Waals surface area contributed by atoms with Gasteiger partial charge >= 0.3 is 0 Å². The first-order chi connectivity index (χ1) is 13.2. The normalized spacial score (nSPS) is 37.7. The van der Waals surface area contributed by atoms with Crippen molar-refractivity contribution in [2.75, 3.05) is 0 Å². The van der Waals surface area contributed by atoms with Crippen molar-refractivity contribution in [3.05, 3.63) is 29.8 Å². The van der Waals surface area contributed by atoms with Crippen molar-refractivity contribution in [2.45, 2.75) is 103 Å². The molecule has 0 amide bonds. The van der Waals surface area contributed by atoms with Gasteiger partial charge in [-0.1, -0.05) is 51.7 Å². The molecule has 0 heterocycles. The summed E-state index contributed by atoms with van der Waals surface area (Å²) in [7, 11) is 0. The SMILES string of the molecule is CC1CCC(c2ccc(OC3CCC(C4CCC(C)CC4)CC3)cc2)CC1. The van der Waals surface area contributed by atoms with E-state index in [2.05, 4.69) is 38.1 Å². The average molecular weight is 369 g/mol. The van der Waals surface area contributed by atoms with E-state index in [1.807, 2.05) is 0 Å². The summed E-state index contributed by atoms with van der Waals surface area (Å²) in [4.78, 5) is 0. The van der Waals surface area contributed by atoms with E-state index in [1.165, 1.54) is 82.6 Å². The molecule has 0 atom stereocenters. The van der Waals surface area contributed by atoms with E-state index < -0.39 is 0 Å². The minimum Gasteiger partial charge on any atom is -0.490 e. The molecular weight excluding hydrogens is 328 g/mol. The van der Waals surface area contributed by atoms with Crippen LogP contribution in [0.2, 0.25) is 0 Å². The van der Waals surface area contributed by atoms with Crippen molar-refractivity contribution in [2.24, 2.45) is 23.7 Å². The van der Waals surface area contributed by atoms with Crippen LogP contribution in [0.25, 0.3) is 0 Å². The van der Waals surface area contributed by atoms with Crippen molar-refractivity contribution in [1.29, 1.82) is 0 Å². The van der Waals surface area contributed by atoms with Gasteiger partial charge in [-0.25, -0.2) is 0 Å². The summed E-state index contributed by atoms with van der Waals surface area (Å²) < 4.78 is 6.37. The molecule has 0 saturated heterocycles. The summed E-state index contributed by atoms with van der Waals surface area (Å²) in [5.41, 5.74) is 1.53. The van der Waals surface area contributed by atoms with Gasteiger partial charge in [-0.2, -0.15) is 0 Å². The number of hydrogen-bond acceptors (Lipinski definition) is 1. The average Bonchev–Trinajstić information content (AvgIpc) is 2.71. The Hall–Kier alpha value is -0.980. The summed E-state index contributed by atoms with van der Waals surface area (Å²) in [5.74, 6) is 5.77. The molecule has 3 saturated carbocycles. The molecule has 3 aliphatic carbocycles. The maximum Gasteiger partial charge on any atom is 0.119 e. The molecule has 27 heavy (non-hydrogen) atoms. The van der Waals surface area contributed by atoms with Crippen LogP contribution in [-0.4, -0.2) is 6.10 Å². The molecule has 150 valence electrons. The summed E-state index contributed by atoms with van der Waals surface area (Å²) in [6, 6.07) is 9.15. The first kappa shape index (κ1) is 19.3. The number of benzene rings is 1. The lowest BCUT2D eigenvalue weighted by Gasteiger charge is -2.37. The highest BCUT2D eigenvalue weighted by molar-refractivity contribution is 5.30. The van der Waals surface area contributed by atoms with Crippen molar-refractivity contribution in [3.8, 4) is 5.75 Å². The first-order valence-corrected chi connectivity index (χ1v) is 11.9. The van der Waals surface area contributed by atoms with Crippen LogP contribution < -0.4 is 4.74 Å². The summed E-state index contributed by atoms with van der Waals surface area (Å²) in [6.45, 7) is 4.83. The van der Waals surface area contributed by atoms with Crippen LogP contribution in [0.15, 0.2) is 24.3 Å². The number of ether oxygens (including phenoxy) is 1. The van der Waals surface area contributed by atoms with E-state index >= 15 is 0 Å². The van der Waals surface area contributed by atoms with Crippen LogP contribution >= 0.6 is 0 Å². The van der Waals surface area contributed by atoms with E-state index in [0.29, 0.717) is 6.10 Å². The highest BCUT2D eigenvalue weighted by Crippen LogP contribution is 2.41. The van der Waals surface area contributed by atoms with Crippen molar-refractivity contribution in [3.63, 3.8) is 0 Å². The fourth-order valence-corrected chi connectivity index (χ4v) is 6.04. The topological polar surface area (TPSA) is 9.23 Å². The van der Waals surface area contributed by atoms with Gasteiger partial charge in [0.05, 0.1) is 6.10 Å². The Morgan fingerprint density at radius 2 is 1.07 bits per heavy atom. The third kappa shape index (κ3) is 5.09. The van der Waals surface area contributed by atoms with E-state index in [1.54, 1.807) is 0 Å². The molecule has 1 nitrogen and oxygen atoms in total. The van der Waals surface area contributed by atoms with Crippen LogP contribution in [-0.2, 0) is 0 Å². The van der Waals surface area contributed by atoms with Crippen molar-refractivity contribution in [1.82, 2.24) is 0 Å². The quantitative estimate of drug-likeness (QED) is 0.528. The van der Waals surface area contributed by atoms with E-state index in [9.17, 15) is 0 Å². The fraction of sp³-hybridized carbons (Fsp3) is 0.769. The lowest BCUT2D eigenvalue weighted by molar-refractivity contribution is 0.0936. The molecular formula is C26H40O. The lowest BCUT2D eigenvalue weighted by atomic mass is 9.71. The summed E-state index contributed by atoms with van der Waals surface area (Å²) >= 11 is 0. The zero-order chi connectivity index (χ0) is 18.6. The Morgan fingerprint density at radius 3 is 1.63 bits per heavy atom. The second kappa shape index (κ2) is 9.01. The molecule has 3 fully saturated rings. The third-order valence-electron chi connectivity index (χ3n) is 8.12. The van der Waals surface area contributed by atoms with Gasteiger partial charge < -0.3 is 4.74 Å². The maximum atomic E-state index is 6.37. The van der Waals surface area contributed by atoms with Gasteiger partial charge in [0.2, 0.25) is 0 Å². The molecule has 4 rings (SSSR count). The molecule has 1 heteroatoms. The Labute approximate surface area is 167 Å². The Morgan fingerprint density at radius 1 is 0.593 bits per heavy atom. The van der Waals surface area contributed by atoms with E-state index in [4.69, 9.17) is 4.74 Å². The Kier molecular flexibility index (Phi) is 6.46. The van der Waals surface area contributed by atoms with Crippen LogP contribution in [0, 0.1) is 23.7 Å². The third-order valence-corrected chi connectivity index (χ3v) is 8.12. The smallest absolute Gasteiger partial charge is 0.119 e. The minimum absolute atomic E-state index is 0.449. The monoisotopic (exact) mass is 368 g/mol. The molecule has 0 unspecified atom stereocenters. The van der Waals surface area contributed by atoms with E-state index in [0.717, 1.165) is 35.3 Å². The molecule has 0 aromatic heterocycles. The van der Waals surface area contributed by atoms with E-state index in [-0.39, 0.29) is 0 Å². The van der Waals surface area contributed by atoms with Crippen LogP contribution in [0.5, 0.6) is 5.75 Å². The van der Waals surface area contributed by atoms with Gasteiger partial charge in [0.25, 0.3) is 0 Å². The zero-order valence-corrected chi connectivity index (χ0v) is 17.7. The van der Waals surface area contributed by atoms with Gasteiger partial charge in [-0.3, -0.25) is 0 Å². The summed E-state index contributed by atoms with van der Waals surface area (Å²) in [5, 5.41) is 0.